The Hall–Kier alpha value is -3.04. The van der Waals surface area contributed by atoms with Gasteiger partial charge in [0.05, 0.1) is 32.5 Å². The van der Waals surface area contributed by atoms with E-state index >= 15 is 0 Å². The number of rotatable bonds is 7. The van der Waals surface area contributed by atoms with Gasteiger partial charge < -0.3 is 9.30 Å². The van der Waals surface area contributed by atoms with E-state index in [0.29, 0.717) is 16.9 Å². The zero-order valence-corrected chi connectivity index (χ0v) is 19.7. The Morgan fingerprint density at radius 3 is 2.41 bits per heavy atom. The van der Waals surface area contributed by atoms with Crippen LogP contribution in [0.15, 0.2) is 65.0 Å². The van der Waals surface area contributed by atoms with Gasteiger partial charge in [-0.2, -0.15) is 4.99 Å². The predicted octanol–water partition coefficient (Wildman–Crippen LogP) is 3.99. The summed E-state index contributed by atoms with van der Waals surface area (Å²) >= 11 is 1.27. The normalized spacial score (nSPS) is 12.3. The molecule has 0 aliphatic carbocycles. The summed E-state index contributed by atoms with van der Waals surface area (Å²) in [6.07, 6.45) is 1.69. The number of esters is 1. The van der Waals surface area contributed by atoms with Crippen LogP contribution in [0, 0.1) is 0 Å². The number of benzene rings is 2. The van der Waals surface area contributed by atoms with Crippen LogP contribution in [-0.4, -0.2) is 36.7 Å². The van der Waals surface area contributed by atoms with Gasteiger partial charge in [0.25, 0.3) is 5.91 Å². The van der Waals surface area contributed by atoms with Gasteiger partial charge in [-0.1, -0.05) is 17.4 Å². The number of hydrogen-bond donors (Lipinski definition) is 0. The van der Waals surface area contributed by atoms with Crippen molar-refractivity contribution in [3.05, 3.63) is 71.0 Å². The molecule has 32 heavy (non-hydrogen) atoms. The number of carbonyl (C=O) groups is 2. The number of sulfone groups is 1. The molecule has 1 aromatic heterocycles. The maximum absolute atomic E-state index is 12.8. The Morgan fingerprint density at radius 1 is 1.16 bits per heavy atom. The van der Waals surface area contributed by atoms with E-state index in [-0.39, 0.29) is 17.1 Å². The van der Waals surface area contributed by atoms with Gasteiger partial charge in [0.1, 0.15) is 0 Å². The average molecular weight is 473 g/mol. The van der Waals surface area contributed by atoms with E-state index in [1.54, 1.807) is 45.0 Å². The Labute approximate surface area is 190 Å². The van der Waals surface area contributed by atoms with Crippen molar-refractivity contribution in [2.24, 2.45) is 4.99 Å². The molecular weight excluding hydrogens is 448 g/mol. The first-order valence-corrected chi connectivity index (χ1v) is 12.4. The number of ether oxygens (including phenoxy) is 1. The molecule has 0 atom stereocenters. The summed E-state index contributed by atoms with van der Waals surface area (Å²) in [6.45, 7) is 9.43. The van der Waals surface area contributed by atoms with Gasteiger partial charge in [0.15, 0.2) is 14.6 Å². The van der Waals surface area contributed by atoms with Crippen molar-refractivity contribution in [3.63, 3.8) is 0 Å². The van der Waals surface area contributed by atoms with E-state index < -0.39 is 27.0 Å². The number of carbonyl (C=O) groups excluding carboxylic acids is 2. The summed E-state index contributed by atoms with van der Waals surface area (Å²) in [7, 11) is -3.42. The maximum atomic E-state index is 12.8. The Balaban J connectivity index is 2.02. The minimum atomic E-state index is -3.42. The molecule has 0 saturated carbocycles. The van der Waals surface area contributed by atoms with Crippen molar-refractivity contribution in [2.75, 3.05) is 6.61 Å². The smallest absolute Gasteiger partial charge is 0.338 e. The summed E-state index contributed by atoms with van der Waals surface area (Å²) in [5.41, 5.74) is 1.52. The number of fused-ring (bicyclic) bond motifs is 1. The molecule has 0 fully saturated rings. The lowest BCUT2D eigenvalue weighted by Gasteiger charge is -2.07. The zero-order valence-electron chi connectivity index (χ0n) is 18.1. The van der Waals surface area contributed by atoms with Crippen LogP contribution in [0.1, 0.15) is 41.5 Å². The number of hydrogen-bond acceptors (Lipinski definition) is 6. The lowest BCUT2D eigenvalue weighted by Crippen LogP contribution is -2.16. The lowest BCUT2D eigenvalue weighted by atomic mass is 10.2. The van der Waals surface area contributed by atoms with Crippen molar-refractivity contribution >= 4 is 43.3 Å². The molecule has 0 saturated heterocycles. The lowest BCUT2D eigenvalue weighted by molar-refractivity contribution is 0.0526. The molecule has 9 heteroatoms. The number of allylic oxidation sites excluding steroid dienone is 1. The topological polar surface area (TPSA) is 94.8 Å². The number of nitrogens with zero attached hydrogens (tertiary/aromatic N) is 2. The molecule has 1 amide bonds. The van der Waals surface area contributed by atoms with Crippen molar-refractivity contribution in [1.29, 1.82) is 0 Å². The largest absolute Gasteiger partial charge is 0.462 e. The van der Waals surface area contributed by atoms with Crippen molar-refractivity contribution in [3.8, 4) is 0 Å². The van der Waals surface area contributed by atoms with E-state index in [0.717, 1.165) is 10.2 Å². The molecule has 0 bridgehead atoms. The summed E-state index contributed by atoms with van der Waals surface area (Å²) in [5.74, 6) is -0.905. The van der Waals surface area contributed by atoms with Gasteiger partial charge in [0, 0.05) is 12.1 Å². The van der Waals surface area contributed by atoms with Crippen LogP contribution < -0.4 is 4.80 Å². The highest BCUT2D eigenvalue weighted by atomic mass is 32.2. The second kappa shape index (κ2) is 9.62. The quantitative estimate of drug-likeness (QED) is 0.383. The third-order valence-corrected chi connectivity index (χ3v) is 7.96. The van der Waals surface area contributed by atoms with E-state index in [1.807, 2.05) is 4.57 Å². The molecule has 168 valence electrons. The van der Waals surface area contributed by atoms with Crippen LogP contribution in [0.2, 0.25) is 0 Å². The number of aromatic nitrogens is 1. The maximum Gasteiger partial charge on any atom is 0.338 e. The molecule has 0 unspecified atom stereocenters. The third kappa shape index (κ3) is 4.73. The molecule has 0 aliphatic rings. The van der Waals surface area contributed by atoms with Crippen LogP contribution in [0.25, 0.3) is 10.2 Å². The number of thiazole rings is 1. The van der Waals surface area contributed by atoms with E-state index in [9.17, 15) is 18.0 Å². The van der Waals surface area contributed by atoms with Crippen LogP contribution in [0.3, 0.4) is 0 Å². The Morgan fingerprint density at radius 2 is 1.81 bits per heavy atom. The predicted molar refractivity (Wildman–Crippen MR) is 125 cm³/mol. The van der Waals surface area contributed by atoms with Crippen LogP contribution in [0.4, 0.5) is 0 Å². The molecule has 3 aromatic rings. The fourth-order valence-electron chi connectivity index (χ4n) is 3.02. The highest BCUT2D eigenvalue weighted by molar-refractivity contribution is 7.92. The van der Waals surface area contributed by atoms with Gasteiger partial charge in [-0.3, -0.25) is 4.79 Å². The minimum absolute atomic E-state index is 0.166. The van der Waals surface area contributed by atoms with E-state index in [2.05, 4.69) is 11.6 Å². The first-order valence-electron chi connectivity index (χ1n) is 10.0. The second-order valence-electron chi connectivity index (χ2n) is 7.22. The van der Waals surface area contributed by atoms with Gasteiger partial charge in [-0.05, 0) is 63.2 Å². The molecule has 0 aliphatic heterocycles. The minimum Gasteiger partial charge on any atom is -0.462 e. The van der Waals surface area contributed by atoms with Crippen molar-refractivity contribution in [1.82, 2.24) is 4.57 Å². The second-order valence-corrected chi connectivity index (χ2v) is 10.7. The highest BCUT2D eigenvalue weighted by Gasteiger charge is 2.19. The molecule has 2 aromatic carbocycles. The molecular formula is C23H24N2O5S2. The van der Waals surface area contributed by atoms with Crippen molar-refractivity contribution < 1.29 is 22.7 Å². The summed E-state index contributed by atoms with van der Waals surface area (Å²) < 4.78 is 32.2. The van der Waals surface area contributed by atoms with E-state index in [4.69, 9.17) is 4.74 Å². The molecule has 0 radical (unpaired) electrons. The summed E-state index contributed by atoms with van der Waals surface area (Å²) in [4.78, 5) is 29.7. The van der Waals surface area contributed by atoms with Gasteiger partial charge in [-0.25, -0.2) is 13.2 Å². The monoisotopic (exact) mass is 472 g/mol. The van der Waals surface area contributed by atoms with Gasteiger partial charge >= 0.3 is 5.97 Å². The van der Waals surface area contributed by atoms with E-state index in [1.165, 1.54) is 35.6 Å². The van der Waals surface area contributed by atoms with Crippen LogP contribution in [-0.2, 0) is 21.1 Å². The molecule has 1 heterocycles. The van der Waals surface area contributed by atoms with Gasteiger partial charge in [-0.15, -0.1) is 6.58 Å². The van der Waals surface area contributed by atoms with Crippen molar-refractivity contribution in [2.45, 2.75) is 37.5 Å². The first-order chi connectivity index (χ1) is 15.2. The SMILES string of the molecule is C=CCn1c(=NC(=O)c2ccc(S(=O)(=O)C(C)C)cc2)sc2cc(C(=O)OCC)ccc21. The zero-order chi connectivity index (χ0) is 23.5. The summed E-state index contributed by atoms with van der Waals surface area (Å²) in [6, 6.07) is 10.9. The standard InChI is InChI=1S/C23H24N2O5S2/c1-5-13-25-19-12-9-17(22(27)30-6-2)14-20(19)31-23(25)24-21(26)16-7-10-18(11-8-16)32(28,29)15(3)4/h5,7-12,14-15H,1,6,13H2,2-4H3. The average Bonchev–Trinajstić information content (AvgIpc) is 3.10. The molecule has 7 nitrogen and oxygen atoms in total. The molecule has 0 N–H and O–H groups in total. The Kier molecular flexibility index (Phi) is 7.10. The molecule has 0 spiro atoms. The van der Waals surface area contributed by atoms with Gasteiger partial charge in [0.2, 0.25) is 0 Å². The fraction of sp³-hybridized carbons (Fsp3) is 0.261. The van der Waals surface area contributed by atoms with Crippen LogP contribution in [0.5, 0.6) is 0 Å². The first kappa shape index (κ1) is 23.6. The fourth-order valence-corrected chi connectivity index (χ4v) is 5.15. The summed E-state index contributed by atoms with van der Waals surface area (Å²) in [5, 5.41) is -0.551. The highest BCUT2D eigenvalue weighted by Crippen LogP contribution is 2.21. The molecule has 3 rings (SSSR count). The Bertz CT molecular complexity index is 1350. The van der Waals surface area contributed by atoms with Crippen LogP contribution >= 0.6 is 11.3 Å². The third-order valence-electron chi connectivity index (χ3n) is 4.75. The number of amides is 1.